The number of amides is 1. The van der Waals surface area contributed by atoms with Crippen molar-refractivity contribution in [3.05, 3.63) is 0 Å². The Morgan fingerprint density at radius 2 is 2.00 bits per heavy atom. The van der Waals surface area contributed by atoms with Crippen LogP contribution in [0.25, 0.3) is 0 Å². The number of alkyl halides is 1. The standard InChI is InChI=1S/C13H25BrN2O/c1-11(2)16-9-6-12(7-10-16)15-13(17)5-3-4-8-14/h11-12H,3-10H2,1-2H3,(H,15,17). The van der Waals surface area contributed by atoms with Crippen molar-refractivity contribution in [3.8, 4) is 0 Å². The van der Waals surface area contributed by atoms with Crippen molar-refractivity contribution in [1.82, 2.24) is 10.2 Å². The van der Waals surface area contributed by atoms with Gasteiger partial charge in [-0.25, -0.2) is 0 Å². The van der Waals surface area contributed by atoms with Crippen molar-refractivity contribution in [2.75, 3.05) is 18.4 Å². The third-order valence-corrected chi connectivity index (χ3v) is 3.97. The lowest BCUT2D eigenvalue weighted by molar-refractivity contribution is -0.122. The van der Waals surface area contributed by atoms with Gasteiger partial charge in [-0.1, -0.05) is 15.9 Å². The molecule has 0 atom stereocenters. The average molecular weight is 305 g/mol. The van der Waals surface area contributed by atoms with E-state index in [1.54, 1.807) is 0 Å². The minimum absolute atomic E-state index is 0.231. The topological polar surface area (TPSA) is 32.3 Å². The van der Waals surface area contributed by atoms with Gasteiger partial charge in [-0.15, -0.1) is 0 Å². The molecule has 0 aromatic rings. The summed E-state index contributed by atoms with van der Waals surface area (Å²) in [5, 5.41) is 4.15. The molecule has 17 heavy (non-hydrogen) atoms. The first kappa shape index (κ1) is 15.0. The van der Waals surface area contributed by atoms with E-state index in [9.17, 15) is 4.79 Å². The van der Waals surface area contributed by atoms with Gasteiger partial charge in [0.2, 0.25) is 5.91 Å². The summed E-state index contributed by atoms with van der Waals surface area (Å²) in [7, 11) is 0. The van der Waals surface area contributed by atoms with Gasteiger partial charge < -0.3 is 10.2 Å². The highest BCUT2D eigenvalue weighted by atomic mass is 79.9. The zero-order chi connectivity index (χ0) is 12.7. The van der Waals surface area contributed by atoms with Crippen molar-refractivity contribution in [3.63, 3.8) is 0 Å². The Morgan fingerprint density at radius 1 is 1.35 bits per heavy atom. The number of carbonyl (C=O) groups is 1. The number of carbonyl (C=O) groups excluding carboxylic acids is 1. The molecule has 3 nitrogen and oxygen atoms in total. The van der Waals surface area contributed by atoms with E-state index in [2.05, 4.69) is 40.0 Å². The number of hydrogen-bond acceptors (Lipinski definition) is 2. The summed E-state index contributed by atoms with van der Waals surface area (Å²) in [5.74, 6) is 0.231. The molecule has 0 aromatic carbocycles. The van der Waals surface area contributed by atoms with Crippen molar-refractivity contribution < 1.29 is 4.79 Å². The van der Waals surface area contributed by atoms with E-state index in [-0.39, 0.29) is 5.91 Å². The molecule has 0 radical (unpaired) electrons. The van der Waals surface area contributed by atoms with E-state index >= 15 is 0 Å². The molecule has 4 heteroatoms. The molecule has 1 aliphatic heterocycles. The summed E-state index contributed by atoms with van der Waals surface area (Å²) in [5.41, 5.74) is 0. The van der Waals surface area contributed by atoms with Crippen LogP contribution < -0.4 is 5.32 Å². The molecule has 100 valence electrons. The molecular formula is C13H25BrN2O. The van der Waals surface area contributed by atoms with Crippen LogP contribution in [-0.2, 0) is 4.79 Å². The van der Waals surface area contributed by atoms with Crippen LogP contribution in [0.2, 0.25) is 0 Å². The molecule has 0 unspecified atom stereocenters. The second-order valence-electron chi connectivity index (χ2n) is 5.12. The Bertz CT molecular complexity index is 225. The second kappa shape index (κ2) is 8.09. The lowest BCUT2D eigenvalue weighted by Crippen LogP contribution is -2.46. The highest BCUT2D eigenvalue weighted by Gasteiger charge is 2.21. The third-order valence-electron chi connectivity index (χ3n) is 3.41. The molecule has 0 bridgehead atoms. The Labute approximate surface area is 113 Å². The molecule has 0 aliphatic carbocycles. The molecule has 1 N–H and O–H groups in total. The van der Waals surface area contributed by atoms with Gasteiger partial charge in [-0.05, 0) is 39.5 Å². The molecule has 1 rings (SSSR count). The van der Waals surface area contributed by atoms with Crippen LogP contribution in [0.15, 0.2) is 0 Å². The van der Waals surface area contributed by atoms with E-state index in [4.69, 9.17) is 0 Å². The van der Waals surface area contributed by atoms with Crippen molar-refractivity contribution in [2.24, 2.45) is 0 Å². The van der Waals surface area contributed by atoms with E-state index < -0.39 is 0 Å². The Balaban J connectivity index is 2.15. The Hall–Kier alpha value is -0.0900. The van der Waals surface area contributed by atoms with Crippen LogP contribution in [0.3, 0.4) is 0 Å². The van der Waals surface area contributed by atoms with Crippen molar-refractivity contribution in [2.45, 2.75) is 58.0 Å². The maximum Gasteiger partial charge on any atom is 0.220 e. The summed E-state index contributed by atoms with van der Waals surface area (Å²) in [4.78, 5) is 14.1. The fourth-order valence-corrected chi connectivity index (χ4v) is 2.64. The van der Waals surface area contributed by atoms with Crippen LogP contribution in [-0.4, -0.2) is 41.3 Å². The number of piperidine rings is 1. The average Bonchev–Trinajstić information content (AvgIpc) is 2.30. The van der Waals surface area contributed by atoms with Crippen molar-refractivity contribution in [1.29, 1.82) is 0 Å². The first-order valence-corrected chi connectivity index (χ1v) is 7.85. The Morgan fingerprint density at radius 3 is 2.53 bits per heavy atom. The summed E-state index contributed by atoms with van der Waals surface area (Å²) >= 11 is 3.38. The molecular weight excluding hydrogens is 280 g/mol. The maximum absolute atomic E-state index is 11.7. The number of unbranched alkanes of at least 4 members (excludes halogenated alkanes) is 1. The van der Waals surface area contributed by atoms with E-state index in [0.29, 0.717) is 18.5 Å². The van der Waals surface area contributed by atoms with Gasteiger partial charge in [0.1, 0.15) is 0 Å². The number of nitrogens with one attached hydrogen (secondary N) is 1. The van der Waals surface area contributed by atoms with Crippen LogP contribution in [0, 0.1) is 0 Å². The number of hydrogen-bond donors (Lipinski definition) is 1. The van der Waals surface area contributed by atoms with Gasteiger partial charge in [0.15, 0.2) is 0 Å². The van der Waals surface area contributed by atoms with E-state index in [1.807, 2.05) is 0 Å². The third kappa shape index (κ3) is 5.87. The Kier molecular flexibility index (Phi) is 7.12. The lowest BCUT2D eigenvalue weighted by Gasteiger charge is -2.34. The van der Waals surface area contributed by atoms with Crippen molar-refractivity contribution >= 4 is 21.8 Å². The summed E-state index contributed by atoms with van der Waals surface area (Å²) < 4.78 is 0. The maximum atomic E-state index is 11.7. The zero-order valence-electron chi connectivity index (χ0n) is 11.0. The predicted octanol–water partition coefficient (Wildman–Crippen LogP) is 2.54. The van der Waals surface area contributed by atoms with Gasteiger partial charge in [0, 0.05) is 36.9 Å². The smallest absolute Gasteiger partial charge is 0.220 e. The first-order valence-electron chi connectivity index (χ1n) is 6.73. The van der Waals surface area contributed by atoms with Gasteiger partial charge >= 0.3 is 0 Å². The second-order valence-corrected chi connectivity index (χ2v) is 5.91. The summed E-state index contributed by atoms with van der Waals surface area (Å²) in [6, 6.07) is 1.03. The molecule has 1 heterocycles. The SMILES string of the molecule is CC(C)N1CCC(NC(=O)CCCCBr)CC1. The largest absolute Gasteiger partial charge is 0.353 e. The van der Waals surface area contributed by atoms with Crippen LogP contribution >= 0.6 is 15.9 Å². The fourth-order valence-electron chi connectivity index (χ4n) is 2.24. The summed E-state index contributed by atoms with van der Waals surface area (Å²) in [6.07, 6.45) is 4.95. The van der Waals surface area contributed by atoms with E-state index in [1.165, 1.54) is 0 Å². The molecule has 1 fully saturated rings. The van der Waals surface area contributed by atoms with Gasteiger partial charge in [0.25, 0.3) is 0 Å². The predicted molar refractivity (Wildman–Crippen MR) is 75.5 cm³/mol. The van der Waals surface area contributed by atoms with Gasteiger partial charge in [0.05, 0.1) is 0 Å². The molecule has 1 aliphatic rings. The number of likely N-dealkylation sites (tertiary alicyclic amines) is 1. The fraction of sp³-hybridized carbons (Fsp3) is 0.923. The number of nitrogens with zero attached hydrogens (tertiary/aromatic N) is 1. The molecule has 1 amide bonds. The first-order chi connectivity index (χ1) is 8.13. The highest BCUT2D eigenvalue weighted by molar-refractivity contribution is 9.09. The highest BCUT2D eigenvalue weighted by Crippen LogP contribution is 2.13. The minimum Gasteiger partial charge on any atom is -0.353 e. The zero-order valence-corrected chi connectivity index (χ0v) is 12.6. The van der Waals surface area contributed by atoms with Gasteiger partial charge in [-0.3, -0.25) is 4.79 Å². The quantitative estimate of drug-likeness (QED) is 0.604. The number of rotatable bonds is 6. The van der Waals surface area contributed by atoms with E-state index in [0.717, 1.165) is 44.1 Å². The monoisotopic (exact) mass is 304 g/mol. The summed E-state index contributed by atoms with van der Waals surface area (Å²) in [6.45, 7) is 6.70. The molecule has 0 aromatic heterocycles. The normalized spacial score (nSPS) is 18.6. The molecule has 0 saturated carbocycles. The van der Waals surface area contributed by atoms with Gasteiger partial charge in [-0.2, -0.15) is 0 Å². The molecule has 1 saturated heterocycles. The minimum atomic E-state index is 0.231. The van der Waals surface area contributed by atoms with Crippen LogP contribution in [0.5, 0.6) is 0 Å². The molecule has 0 spiro atoms. The number of halogens is 1. The van der Waals surface area contributed by atoms with Crippen LogP contribution in [0.4, 0.5) is 0 Å². The lowest BCUT2D eigenvalue weighted by atomic mass is 10.0. The van der Waals surface area contributed by atoms with Crippen LogP contribution in [0.1, 0.15) is 46.0 Å².